The van der Waals surface area contributed by atoms with Gasteiger partial charge in [-0.2, -0.15) is 13.8 Å². The zero-order chi connectivity index (χ0) is 9.86. The van der Waals surface area contributed by atoms with Crippen LogP contribution in [0.15, 0.2) is 0 Å². The molecule has 0 saturated heterocycles. The molecule has 0 saturated carbocycles. The third-order valence-corrected chi connectivity index (χ3v) is 0.407. The fraction of sp³-hybridized carbons (Fsp3) is 0.444. The third kappa shape index (κ3) is 49.5. The third-order valence-electron chi connectivity index (χ3n) is 0.407. The van der Waals surface area contributed by atoms with E-state index in [1.807, 2.05) is 0 Å². The maximum absolute atomic E-state index is 9.98. The predicted molar refractivity (Wildman–Crippen MR) is 53.5 cm³/mol. The second kappa shape index (κ2) is 22.5. The molecule has 12 heavy (non-hydrogen) atoms. The van der Waals surface area contributed by atoms with Crippen LogP contribution in [0, 0.1) is 20.3 Å². The monoisotopic (exact) mass is 362 g/mol. The van der Waals surface area contributed by atoms with Crippen LogP contribution in [-0.2, 0) is 9.59 Å². The van der Waals surface area contributed by atoms with Gasteiger partial charge in [-0.1, -0.05) is 0 Å². The van der Waals surface area contributed by atoms with Crippen molar-refractivity contribution in [1.82, 2.24) is 0 Å². The van der Waals surface area contributed by atoms with Crippen molar-refractivity contribution in [2.75, 3.05) is 0 Å². The van der Waals surface area contributed by atoms with Gasteiger partial charge in [0.25, 0.3) is 0 Å². The Morgan fingerprint density at radius 2 is 1.08 bits per heavy atom. The molecule has 0 spiro atoms. The molecular formula is C9H17O2Tl. The molecule has 0 heterocycles. The molecule has 0 aromatic heterocycles. The van der Waals surface area contributed by atoms with E-state index in [0.717, 1.165) is 6.42 Å². The molecule has 0 atom stereocenters. The molecule has 0 aliphatic heterocycles. The van der Waals surface area contributed by atoms with E-state index in [2.05, 4.69) is 13.8 Å². The van der Waals surface area contributed by atoms with E-state index in [1.54, 1.807) is 13.8 Å². The second-order valence-electron chi connectivity index (χ2n) is 1.37. The number of carbonyl (C=O) groups is 2. The van der Waals surface area contributed by atoms with Crippen LogP contribution in [0.2, 0.25) is 0 Å². The maximum Gasteiger partial charge on any atom is 3.00 e. The number of hydrogen-bond donors (Lipinski definition) is 0. The summed E-state index contributed by atoms with van der Waals surface area (Å²) in [6.45, 7) is 12.7. The van der Waals surface area contributed by atoms with Gasteiger partial charge in [0, 0.05) is 11.6 Å². The van der Waals surface area contributed by atoms with Crippen molar-refractivity contribution < 1.29 is 9.59 Å². The van der Waals surface area contributed by atoms with Gasteiger partial charge < -0.3 is 23.4 Å². The number of rotatable bonds is 2. The molecule has 0 aliphatic rings. The number of ketones is 2. The zero-order valence-corrected chi connectivity index (χ0v) is 12.9. The largest absolute Gasteiger partial charge is 3.00 e. The molecule has 3 heteroatoms. The Balaban J connectivity index is -0.0000000560. The van der Waals surface area contributed by atoms with Gasteiger partial charge in [-0.25, -0.2) is 0 Å². The predicted octanol–water partition coefficient (Wildman–Crippen LogP) is 1.67. The van der Waals surface area contributed by atoms with Gasteiger partial charge in [-0.15, -0.1) is 0 Å². The van der Waals surface area contributed by atoms with Crippen molar-refractivity contribution in [2.45, 2.75) is 27.7 Å². The molecule has 68 valence electrons. The summed E-state index contributed by atoms with van der Waals surface area (Å²) >= 11 is 0. The Morgan fingerprint density at radius 3 is 1.08 bits per heavy atom. The van der Waals surface area contributed by atoms with Crippen LogP contribution in [0.1, 0.15) is 27.7 Å². The molecule has 0 unspecified atom stereocenters. The first-order chi connectivity index (χ1) is 5.13. The molecule has 0 bridgehead atoms. The quantitative estimate of drug-likeness (QED) is 0.426. The van der Waals surface area contributed by atoms with Crippen molar-refractivity contribution in [1.29, 1.82) is 0 Å². The Bertz CT molecular complexity index is 88.7. The van der Waals surface area contributed by atoms with Gasteiger partial charge in [0.05, 0.1) is 0 Å². The topological polar surface area (TPSA) is 34.1 Å². The van der Waals surface area contributed by atoms with Crippen LogP contribution in [0.4, 0.5) is 0 Å². The molecule has 0 amide bonds. The molecule has 0 radical (unpaired) electrons. The van der Waals surface area contributed by atoms with Crippen molar-refractivity contribution in [2.24, 2.45) is 0 Å². The van der Waals surface area contributed by atoms with E-state index in [0.29, 0.717) is 0 Å². The first kappa shape index (κ1) is 22.7. The van der Waals surface area contributed by atoms with Gasteiger partial charge >= 0.3 is 27.3 Å². The smallest absolute Gasteiger partial charge is 0.346 e. The number of Topliss-reactive ketones (excluding diaryl/α,β-unsaturated/α-hetero) is 2. The molecule has 0 N–H and O–H groups in total. The van der Waals surface area contributed by atoms with E-state index in [9.17, 15) is 9.59 Å². The van der Waals surface area contributed by atoms with Crippen LogP contribution in [0.5, 0.6) is 0 Å². The Morgan fingerprint density at radius 1 is 0.917 bits per heavy atom. The van der Waals surface area contributed by atoms with Crippen LogP contribution < -0.4 is 0 Å². The van der Waals surface area contributed by atoms with Crippen molar-refractivity contribution >= 4 is 38.9 Å². The summed E-state index contributed by atoms with van der Waals surface area (Å²) in [6, 6.07) is 0. The molecule has 0 fully saturated rings. The fourth-order valence-corrected chi connectivity index (χ4v) is 0.286. The average molecular weight is 362 g/mol. The van der Waals surface area contributed by atoms with E-state index < -0.39 is 0 Å². The van der Waals surface area contributed by atoms with Crippen LogP contribution in [0.3, 0.4) is 0 Å². The van der Waals surface area contributed by atoms with Crippen LogP contribution >= 0.6 is 0 Å². The Kier molecular flexibility index (Phi) is 42.6. The van der Waals surface area contributed by atoms with Crippen molar-refractivity contribution in [3.05, 3.63) is 20.3 Å². The number of hydrogen-bond acceptors (Lipinski definition) is 2. The molecular weight excluding hydrogens is 344 g/mol. The minimum absolute atomic E-state index is 0. The fourth-order valence-electron chi connectivity index (χ4n) is 0.286. The minimum Gasteiger partial charge on any atom is -0.346 e. The molecule has 0 aliphatic carbocycles. The van der Waals surface area contributed by atoms with Crippen molar-refractivity contribution in [3.63, 3.8) is 0 Å². The van der Waals surface area contributed by atoms with Crippen LogP contribution in [-0.4, -0.2) is 38.9 Å². The van der Waals surface area contributed by atoms with Gasteiger partial charge in [0.1, 0.15) is 0 Å². The standard InChI is InChI=1S/C5H7O2.2C2H5.Tl/c1-4(6)3-5(2)7;2*1-2;/h3H,1-2H3;2*1H2,2H3;/q3*-1;+3. The summed E-state index contributed by atoms with van der Waals surface area (Å²) in [7, 11) is 0. The van der Waals surface area contributed by atoms with Gasteiger partial charge in [0.15, 0.2) is 0 Å². The van der Waals surface area contributed by atoms with Crippen LogP contribution in [0.25, 0.3) is 0 Å². The van der Waals surface area contributed by atoms with E-state index in [1.165, 1.54) is 13.8 Å². The van der Waals surface area contributed by atoms with E-state index >= 15 is 0 Å². The summed E-state index contributed by atoms with van der Waals surface area (Å²) in [5.74, 6) is -0.375. The maximum atomic E-state index is 9.98. The summed E-state index contributed by atoms with van der Waals surface area (Å²) in [4.78, 5) is 20.0. The Hall–Kier alpha value is 0.132. The second-order valence-corrected chi connectivity index (χ2v) is 1.37. The number of carbonyl (C=O) groups excluding carboxylic acids is 2. The van der Waals surface area contributed by atoms with Crippen molar-refractivity contribution in [3.8, 4) is 0 Å². The first-order valence-electron chi connectivity index (χ1n) is 3.40. The summed E-state index contributed by atoms with van der Waals surface area (Å²) in [5.41, 5.74) is 0. The zero-order valence-electron chi connectivity index (χ0n) is 8.39. The van der Waals surface area contributed by atoms with E-state index in [-0.39, 0.29) is 38.9 Å². The normalized spacial score (nSPS) is 5.50. The van der Waals surface area contributed by atoms with E-state index in [4.69, 9.17) is 0 Å². The summed E-state index contributed by atoms with van der Waals surface area (Å²) < 4.78 is 0. The van der Waals surface area contributed by atoms with Gasteiger partial charge in [0.2, 0.25) is 0 Å². The van der Waals surface area contributed by atoms with Gasteiger partial charge in [-0.3, -0.25) is 6.42 Å². The summed E-state index contributed by atoms with van der Waals surface area (Å²) in [5, 5.41) is 0. The Labute approximate surface area is 96.3 Å². The molecule has 0 aromatic carbocycles. The molecule has 2 nitrogen and oxygen atoms in total. The van der Waals surface area contributed by atoms with Gasteiger partial charge in [-0.05, 0) is 13.8 Å². The SMILES string of the molecule is CC(=O)[CH-]C(C)=O.[CH2-]C.[CH2-]C.[Tl+3]. The molecule has 0 rings (SSSR count). The molecule has 0 aromatic rings. The summed E-state index contributed by atoms with van der Waals surface area (Å²) in [6.07, 6.45) is 1.06. The first-order valence-corrected chi connectivity index (χ1v) is 3.40. The average Bonchev–Trinajstić information content (AvgIpc) is 1.93. The minimum atomic E-state index is -0.187.